The van der Waals surface area contributed by atoms with E-state index >= 15 is 0 Å². The van der Waals surface area contributed by atoms with Gasteiger partial charge in [-0.3, -0.25) is 4.79 Å². The van der Waals surface area contributed by atoms with Gasteiger partial charge < -0.3 is 0 Å². The highest BCUT2D eigenvalue weighted by Crippen LogP contribution is 2.13. The molecule has 0 N–H and O–H groups in total. The van der Waals surface area contributed by atoms with Gasteiger partial charge in [0, 0.05) is 0 Å². The molecule has 0 fully saturated rings. The number of carbonyl (C=O) groups is 1. The van der Waals surface area contributed by atoms with Gasteiger partial charge in [-0.05, 0) is 13.3 Å². The van der Waals surface area contributed by atoms with Gasteiger partial charge in [0.05, 0.1) is 5.92 Å². The topological polar surface area (TPSA) is 17.1 Å². The first kappa shape index (κ1) is 8.53. The lowest BCUT2D eigenvalue weighted by Gasteiger charge is -2.07. The lowest BCUT2D eigenvalue weighted by molar-refractivity contribution is -0.125. The molecule has 0 aromatic carbocycles. The number of Topliss-reactive ketones (excluding diaryl/α,β-unsaturated/α-hetero) is 1. The summed E-state index contributed by atoms with van der Waals surface area (Å²) >= 11 is 0. The Balaban J connectivity index is 3.83. The molecule has 0 saturated heterocycles. The molecule has 0 aliphatic carbocycles. The second kappa shape index (κ2) is 3.54. The summed E-state index contributed by atoms with van der Waals surface area (Å²) in [4.78, 5) is 10.3. The van der Waals surface area contributed by atoms with Gasteiger partial charge >= 0.3 is 0 Å². The fraction of sp³-hybridized carbons (Fsp3) is 0.833. The van der Waals surface area contributed by atoms with Gasteiger partial charge in [-0.2, -0.15) is 0 Å². The fourth-order valence-electron chi connectivity index (χ4n) is 0.643. The van der Waals surface area contributed by atoms with Gasteiger partial charge in [-0.1, -0.05) is 6.92 Å². The minimum absolute atomic E-state index is 0.229. The zero-order valence-corrected chi connectivity index (χ0v) is 5.53. The van der Waals surface area contributed by atoms with E-state index in [2.05, 4.69) is 0 Å². The van der Waals surface area contributed by atoms with Crippen LogP contribution in [0, 0.1) is 5.92 Å². The molecule has 0 rings (SSSR count). The second-order valence-corrected chi connectivity index (χ2v) is 1.96. The summed E-state index contributed by atoms with van der Waals surface area (Å²) in [5.41, 5.74) is 0. The first-order valence-corrected chi connectivity index (χ1v) is 2.88. The van der Waals surface area contributed by atoms with Crippen LogP contribution in [0.4, 0.5) is 8.78 Å². The van der Waals surface area contributed by atoms with E-state index in [0.29, 0.717) is 0 Å². The zero-order chi connectivity index (χ0) is 7.44. The molecule has 0 aliphatic heterocycles. The van der Waals surface area contributed by atoms with Crippen LogP contribution in [0.5, 0.6) is 0 Å². The minimum Gasteiger partial charge on any atom is -0.299 e. The lowest BCUT2D eigenvalue weighted by atomic mass is 10.0. The van der Waals surface area contributed by atoms with Crippen molar-refractivity contribution in [2.45, 2.75) is 26.7 Å². The number of hydrogen-bond acceptors (Lipinski definition) is 1. The van der Waals surface area contributed by atoms with Crippen LogP contribution in [-0.4, -0.2) is 12.2 Å². The van der Waals surface area contributed by atoms with Crippen molar-refractivity contribution in [2.24, 2.45) is 5.92 Å². The molecule has 0 radical (unpaired) electrons. The maximum absolute atomic E-state index is 11.7. The van der Waals surface area contributed by atoms with E-state index in [1.807, 2.05) is 0 Å². The lowest BCUT2D eigenvalue weighted by Crippen LogP contribution is -2.18. The van der Waals surface area contributed by atoms with Crippen LogP contribution in [-0.2, 0) is 4.79 Å². The van der Waals surface area contributed by atoms with E-state index < -0.39 is 18.1 Å². The highest BCUT2D eigenvalue weighted by molar-refractivity contribution is 5.78. The number of alkyl halides is 2. The monoisotopic (exact) mass is 136 g/mol. The average Bonchev–Trinajstić information content (AvgIpc) is 1.64. The quantitative estimate of drug-likeness (QED) is 0.578. The summed E-state index contributed by atoms with van der Waals surface area (Å²) < 4.78 is 23.5. The molecule has 0 aromatic heterocycles. The molecule has 0 heterocycles. The molecule has 0 aromatic rings. The SMILES string of the molecule is CCC(C(C)=O)C(F)F. The van der Waals surface area contributed by atoms with E-state index in [9.17, 15) is 13.6 Å². The third kappa shape index (κ3) is 2.54. The number of halogens is 2. The maximum Gasteiger partial charge on any atom is 0.248 e. The number of rotatable bonds is 3. The largest absolute Gasteiger partial charge is 0.299 e. The summed E-state index contributed by atoms with van der Waals surface area (Å²) in [6.45, 7) is 2.78. The highest BCUT2D eigenvalue weighted by Gasteiger charge is 2.22. The fourth-order valence-corrected chi connectivity index (χ4v) is 0.643. The van der Waals surface area contributed by atoms with Gasteiger partial charge in [-0.15, -0.1) is 0 Å². The summed E-state index contributed by atoms with van der Waals surface area (Å²) in [6.07, 6.45) is -2.26. The molecule has 1 nitrogen and oxygen atoms in total. The van der Waals surface area contributed by atoms with Crippen molar-refractivity contribution < 1.29 is 13.6 Å². The first-order chi connectivity index (χ1) is 4.09. The first-order valence-electron chi connectivity index (χ1n) is 2.88. The third-order valence-electron chi connectivity index (χ3n) is 1.27. The average molecular weight is 136 g/mol. The van der Waals surface area contributed by atoms with Crippen LogP contribution < -0.4 is 0 Å². The molecule has 0 saturated carbocycles. The van der Waals surface area contributed by atoms with E-state index in [-0.39, 0.29) is 6.42 Å². The van der Waals surface area contributed by atoms with Crippen LogP contribution in [0.3, 0.4) is 0 Å². The van der Waals surface area contributed by atoms with Crippen LogP contribution in [0.25, 0.3) is 0 Å². The van der Waals surface area contributed by atoms with Crippen LogP contribution >= 0.6 is 0 Å². The minimum atomic E-state index is -2.49. The second-order valence-electron chi connectivity index (χ2n) is 1.96. The van der Waals surface area contributed by atoms with Crippen molar-refractivity contribution in [1.82, 2.24) is 0 Å². The molecule has 0 bridgehead atoms. The Morgan fingerprint density at radius 2 is 2.00 bits per heavy atom. The Kier molecular flexibility index (Phi) is 3.35. The van der Waals surface area contributed by atoms with Crippen LogP contribution in [0.1, 0.15) is 20.3 Å². The van der Waals surface area contributed by atoms with Crippen LogP contribution in [0.2, 0.25) is 0 Å². The van der Waals surface area contributed by atoms with Crippen molar-refractivity contribution >= 4 is 5.78 Å². The van der Waals surface area contributed by atoms with Crippen molar-refractivity contribution in [3.63, 3.8) is 0 Å². The predicted octanol–water partition coefficient (Wildman–Crippen LogP) is 1.87. The number of ketones is 1. The molecule has 1 atom stereocenters. The van der Waals surface area contributed by atoms with Crippen LogP contribution in [0.15, 0.2) is 0 Å². The molecular weight excluding hydrogens is 126 g/mol. The molecule has 1 unspecified atom stereocenters. The zero-order valence-electron chi connectivity index (χ0n) is 5.53. The molecular formula is C6H10F2O. The Bertz CT molecular complexity index is 101. The van der Waals surface area contributed by atoms with E-state index in [0.717, 1.165) is 0 Å². The number of carbonyl (C=O) groups excluding carboxylic acids is 1. The van der Waals surface area contributed by atoms with Crippen molar-refractivity contribution in [2.75, 3.05) is 0 Å². The van der Waals surface area contributed by atoms with Gasteiger partial charge in [0.25, 0.3) is 0 Å². The molecule has 54 valence electrons. The Morgan fingerprint density at radius 1 is 1.56 bits per heavy atom. The van der Waals surface area contributed by atoms with Gasteiger partial charge in [0.1, 0.15) is 5.78 Å². The van der Waals surface area contributed by atoms with Gasteiger partial charge in [-0.25, -0.2) is 8.78 Å². The van der Waals surface area contributed by atoms with Crippen molar-refractivity contribution in [3.05, 3.63) is 0 Å². The van der Waals surface area contributed by atoms with Gasteiger partial charge in [0.2, 0.25) is 6.43 Å². The number of hydrogen-bond donors (Lipinski definition) is 0. The van der Waals surface area contributed by atoms with Crippen molar-refractivity contribution in [1.29, 1.82) is 0 Å². The standard InChI is InChI=1S/C6H10F2O/c1-3-5(4(2)9)6(7)8/h5-6H,3H2,1-2H3. The molecule has 0 amide bonds. The van der Waals surface area contributed by atoms with E-state index in [1.54, 1.807) is 6.92 Å². The highest BCUT2D eigenvalue weighted by atomic mass is 19.3. The van der Waals surface area contributed by atoms with E-state index in [4.69, 9.17) is 0 Å². The maximum atomic E-state index is 11.7. The summed E-state index contributed by atoms with van der Waals surface area (Å²) in [5.74, 6) is -1.47. The summed E-state index contributed by atoms with van der Waals surface area (Å²) in [7, 11) is 0. The molecule has 9 heavy (non-hydrogen) atoms. The summed E-state index contributed by atoms with van der Waals surface area (Å²) in [6, 6.07) is 0. The summed E-state index contributed by atoms with van der Waals surface area (Å²) in [5, 5.41) is 0. The smallest absolute Gasteiger partial charge is 0.248 e. The molecule has 0 aliphatic rings. The Labute approximate surface area is 53.1 Å². The van der Waals surface area contributed by atoms with E-state index in [1.165, 1.54) is 6.92 Å². The van der Waals surface area contributed by atoms with Crippen molar-refractivity contribution in [3.8, 4) is 0 Å². The third-order valence-corrected chi connectivity index (χ3v) is 1.27. The molecule has 0 spiro atoms. The normalized spacial score (nSPS) is 13.9. The Morgan fingerprint density at radius 3 is 2.00 bits per heavy atom. The van der Waals surface area contributed by atoms with Gasteiger partial charge in [0.15, 0.2) is 0 Å². The molecule has 3 heteroatoms. The Hall–Kier alpha value is -0.470. The predicted molar refractivity (Wildman–Crippen MR) is 30.5 cm³/mol.